The molecule has 0 saturated carbocycles. The fraction of sp³-hybridized carbons (Fsp3) is 0.333. The highest BCUT2D eigenvalue weighted by Crippen LogP contribution is 2.11. The number of nitrogens with zero attached hydrogens (tertiary/aromatic N) is 1. The molecule has 0 saturated heterocycles. The topological polar surface area (TPSA) is 108 Å². The summed E-state index contributed by atoms with van der Waals surface area (Å²) in [5.74, 6) is -1.77. The molecule has 2 aromatic rings. The molecular formula is C18H20N2O6. The molecule has 8 nitrogen and oxygen atoms in total. The Kier molecular flexibility index (Phi) is 6.90. The number of anilines is 1. The van der Waals surface area contributed by atoms with Crippen LogP contribution in [-0.2, 0) is 14.3 Å². The van der Waals surface area contributed by atoms with Crippen LogP contribution in [0.5, 0.6) is 0 Å². The third kappa shape index (κ3) is 5.73. The summed E-state index contributed by atoms with van der Waals surface area (Å²) in [6, 6.07) is 7.64. The number of benzene rings is 1. The van der Waals surface area contributed by atoms with Gasteiger partial charge in [0.2, 0.25) is 5.76 Å². The highest BCUT2D eigenvalue weighted by molar-refractivity contribution is 5.95. The molecule has 0 atom stereocenters. The third-order valence-electron chi connectivity index (χ3n) is 3.30. The SMILES string of the molecule is CCCCOC(=O)c1ccc(NC(=O)COC(=O)c2cc(C)no2)cc1. The van der Waals surface area contributed by atoms with Gasteiger partial charge in [-0.2, -0.15) is 0 Å². The average Bonchev–Trinajstić information content (AvgIpc) is 3.07. The van der Waals surface area contributed by atoms with Crippen LogP contribution in [0.4, 0.5) is 5.69 Å². The summed E-state index contributed by atoms with van der Waals surface area (Å²) in [6.45, 7) is 3.58. The van der Waals surface area contributed by atoms with E-state index in [9.17, 15) is 14.4 Å². The largest absolute Gasteiger partial charge is 0.462 e. The smallest absolute Gasteiger partial charge is 0.377 e. The van der Waals surface area contributed by atoms with E-state index in [4.69, 9.17) is 14.0 Å². The van der Waals surface area contributed by atoms with Gasteiger partial charge in [-0.1, -0.05) is 18.5 Å². The van der Waals surface area contributed by atoms with Crippen molar-refractivity contribution in [2.75, 3.05) is 18.5 Å². The lowest BCUT2D eigenvalue weighted by Gasteiger charge is -2.07. The van der Waals surface area contributed by atoms with Crippen molar-refractivity contribution in [1.82, 2.24) is 5.16 Å². The second-order valence-electron chi connectivity index (χ2n) is 5.52. The number of hydrogen-bond acceptors (Lipinski definition) is 7. The van der Waals surface area contributed by atoms with Gasteiger partial charge in [0.25, 0.3) is 5.91 Å². The molecule has 1 amide bonds. The maximum absolute atomic E-state index is 11.8. The van der Waals surface area contributed by atoms with Crippen LogP contribution >= 0.6 is 0 Å². The minimum atomic E-state index is -0.772. The molecule has 1 heterocycles. The van der Waals surface area contributed by atoms with Gasteiger partial charge in [-0.25, -0.2) is 9.59 Å². The predicted octanol–water partition coefficient (Wildman–Crippen LogP) is 2.74. The van der Waals surface area contributed by atoms with E-state index in [1.165, 1.54) is 6.07 Å². The van der Waals surface area contributed by atoms with Gasteiger partial charge < -0.3 is 19.3 Å². The molecule has 2 rings (SSSR count). The molecule has 0 fully saturated rings. The van der Waals surface area contributed by atoms with E-state index in [1.807, 2.05) is 6.92 Å². The van der Waals surface area contributed by atoms with Gasteiger partial charge in [0.05, 0.1) is 17.9 Å². The molecule has 0 aliphatic heterocycles. The molecule has 26 heavy (non-hydrogen) atoms. The van der Waals surface area contributed by atoms with Crippen LogP contribution in [0.1, 0.15) is 46.4 Å². The monoisotopic (exact) mass is 360 g/mol. The van der Waals surface area contributed by atoms with E-state index in [2.05, 4.69) is 10.5 Å². The Morgan fingerprint density at radius 3 is 2.46 bits per heavy atom. The lowest BCUT2D eigenvalue weighted by Crippen LogP contribution is -2.20. The Labute approximate surface area is 150 Å². The lowest BCUT2D eigenvalue weighted by atomic mass is 10.2. The quantitative estimate of drug-likeness (QED) is 0.569. The van der Waals surface area contributed by atoms with E-state index in [0.717, 1.165) is 12.8 Å². The van der Waals surface area contributed by atoms with E-state index >= 15 is 0 Å². The minimum absolute atomic E-state index is 0.0683. The normalized spacial score (nSPS) is 10.2. The van der Waals surface area contributed by atoms with Crippen LogP contribution in [0, 0.1) is 6.92 Å². The Hall–Kier alpha value is -3.16. The first-order valence-corrected chi connectivity index (χ1v) is 8.17. The molecule has 1 aromatic heterocycles. The summed E-state index contributed by atoms with van der Waals surface area (Å²) < 4.78 is 14.7. The number of carbonyl (C=O) groups is 3. The Morgan fingerprint density at radius 2 is 1.85 bits per heavy atom. The molecule has 0 aliphatic carbocycles. The zero-order chi connectivity index (χ0) is 18.9. The molecule has 0 spiro atoms. The first kappa shape index (κ1) is 19.2. The van der Waals surface area contributed by atoms with Crippen LogP contribution < -0.4 is 5.32 Å². The second-order valence-corrected chi connectivity index (χ2v) is 5.52. The zero-order valence-corrected chi connectivity index (χ0v) is 14.6. The van der Waals surface area contributed by atoms with Crippen molar-refractivity contribution in [3.8, 4) is 0 Å². The Balaban J connectivity index is 1.79. The molecule has 0 bridgehead atoms. The van der Waals surface area contributed by atoms with Gasteiger partial charge in [-0.3, -0.25) is 4.79 Å². The molecule has 0 aliphatic rings. The third-order valence-corrected chi connectivity index (χ3v) is 3.30. The van der Waals surface area contributed by atoms with Crippen molar-refractivity contribution in [3.05, 3.63) is 47.3 Å². The van der Waals surface area contributed by atoms with Crippen molar-refractivity contribution in [2.45, 2.75) is 26.7 Å². The molecule has 1 N–H and O–H groups in total. The van der Waals surface area contributed by atoms with E-state index in [1.54, 1.807) is 31.2 Å². The lowest BCUT2D eigenvalue weighted by molar-refractivity contribution is -0.119. The van der Waals surface area contributed by atoms with Gasteiger partial charge >= 0.3 is 11.9 Å². The van der Waals surface area contributed by atoms with Gasteiger partial charge in [-0.15, -0.1) is 0 Å². The van der Waals surface area contributed by atoms with Crippen LogP contribution in [0.3, 0.4) is 0 Å². The fourth-order valence-corrected chi connectivity index (χ4v) is 1.94. The van der Waals surface area contributed by atoms with Crippen LogP contribution in [-0.4, -0.2) is 36.2 Å². The standard InChI is InChI=1S/C18H20N2O6/c1-3-4-9-24-17(22)13-5-7-14(8-6-13)19-16(21)11-25-18(23)15-10-12(2)20-26-15/h5-8,10H,3-4,9,11H2,1-2H3,(H,19,21). The number of unbranched alkanes of at least 4 members (excludes halogenated alkanes) is 1. The number of aryl methyl sites for hydroxylation is 1. The number of hydrogen-bond donors (Lipinski definition) is 1. The van der Waals surface area contributed by atoms with Crippen LogP contribution in [0.2, 0.25) is 0 Å². The number of nitrogens with one attached hydrogen (secondary N) is 1. The van der Waals surface area contributed by atoms with Crippen molar-refractivity contribution in [2.24, 2.45) is 0 Å². The van der Waals surface area contributed by atoms with Gasteiger partial charge in [0.1, 0.15) is 0 Å². The van der Waals surface area contributed by atoms with Gasteiger partial charge in [0.15, 0.2) is 6.61 Å². The average molecular weight is 360 g/mol. The summed E-state index contributed by atoms with van der Waals surface area (Å²) >= 11 is 0. The first-order chi connectivity index (χ1) is 12.5. The number of ether oxygens (including phenoxy) is 2. The van der Waals surface area contributed by atoms with Crippen molar-refractivity contribution in [3.63, 3.8) is 0 Å². The van der Waals surface area contributed by atoms with Gasteiger partial charge in [-0.05, 0) is 37.6 Å². The molecule has 0 unspecified atom stereocenters. The highest BCUT2D eigenvalue weighted by Gasteiger charge is 2.15. The summed E-state index contributed by atoms with van der Waals surface area (Å²) in [7, 11) is 0. The highest BCUT2D eigenvalue weighted by atomic mass is 16.6. The summed E-state index contributed by atoms with van der Waals surface area (Å²) in [4.78, 5) is 35.3. The molecule has 0 radical (unpaired) electrons. The summed E-state index contributed by atoms with van der Waals surface area (Å²) in [6.07, 6.45) is 1.76. The van der Waals surface area contributed by atoms with E-state index in [0.29, 0.717) is 23.6 Å². The van der Waals surface area contributed by atoms with Gasteiger partial charge in [0, 0.05) is 11.8 Å². The van der Waals surface area contributed by atoms with Crippen LogP contribution in [0.25, 0.3) is 0 Å². The maximum Gasteiger partial charge on any atom is 0.377 e. The van der Waals surface area contributed by atoms with Crippen molar-refractivity contribution < 1.29 is 28.4 Å². The Bertz CT molecular complexity index is 766. The predicted molar refractivity (Wildman–Crippen MR) is 91.8 cm³/mol. The van der Waals surface area contributed by atoms with E-state index < -0.39 is 24.5 Å². The number of rotatable bonds is 8. The van der Waals surface area contributed by atoms with E-state index in [-0.39, 0.29) is 5.76 Å². The molecule has 138 valence electrons. The number of amides is 1. The fourth-order valence-electron chi connectivity index (χ4n) is 1.94. The second kappa shape index (κ2) is 9.36. The number of aromatic nitrogens is 1. The number of esters is 2. The van der Waals surface area contributed by atoms with Crippen molar-refractivity contribution in [1.29, 1.82) is 0 Å². The Morgan fingerprint density at radius 1 is 1.12 bits per heavy atom. The number of carbonyl (C=O) groups excluding carboxylic acids is 3. The first-order valence-electron chi connectivity index (χ1n) is 8.17. The molecule has 1 aromatic carbocycles. The maximum atomic E-state index is 11.8. The van der Waals surface area contributed by atoms with Crippen LogP contribution in [0.15, 0.2) is 34.9 Å². The van der Waals surface area contributed by atoms with Crippen molar-refractivity contribution >= 4 is 23.5 Å². The molecule has 8 heteroatoms. The summed E-state index contributed by atoms with van der Waals surface area (Å²) in [5.41, 5.74) is 1.40. The summed E-state index contributed by atoms with van der Waals surface area (Å²) in [5, 5.41) is 6.12. The minimum Gasteiger partial charge on any atom is -0.462 e. The zero-order valence-electron chi connectivity index (χ0n) is 14.6. The molecular weight excluding hydrogens is 340 g/mol.